The monoisotopic (exact) mass is 338 g/mol. The molecule has 0 fully saturated rings. The molecule has 6 heteroatoms. The summed E-state index contributed by atoms with van der Waals surface area (Å²) in [6.45, 7) is 6.92. The van der Waals surface area contributed by atoms with Crippen molar-refractivity contribution in [3.8, 4) is 11.5 Å². The van der Waals surface area contributed by atoms with Crippen molar-refractivity contribution in [2.75, 3.05) is 20.8 Å². The van der Waals surface area contributed by atoms with Crippen molar-refractivity contribution >= 4 is 12.2 Å². The molecule has 0 radical (unpaired) electrons. The third kappa shape index (κ3) is 4.82. The predicted molar refractivity (Wildman–Crippen MR) is 92.7 cm³/mol. The van der Waals surface area contributed by atoms with Crippen LogP contribution in [0.4, 0.5) is 0 Å². The minimum Gasteiger partial charge on any atom is -0.485 e. The van der Waals surface area contributed by atoms with Gasteiger partial charge in [0.1, 0.15) is 12.9 Å². The molecule has 0 atom stereocenters. The lowest BCUT2D eigenvalue weighted by atomic mass is 10.1. The highest BCUT2D eigenvalue weighted by atomic mass is 16.5. The fourth-order valence-corrected chi connectivity index (χ4v) is 2.09. The van der Waals surface area contributed by atoms with Crippen LogP contribution in [0.2, 0.25) is 0 Å². The molecule has 0 saturated carbocycles. The molecule has 0 aliphatic rings. The van der Waals surface area contributed by atoms with E-state index in [0.717, 1.165) is 5.56 Å². The second-order valence-electron chi connectivity index (χ2n) is 5.44. The normalized spacial score (nSPS) is 9.80. The first kappa shape index (κ1) is 18.0. The summed E-state index contributed by atoms with van der Waals surface area (Å²) in [5.74, 6) is 0.731. The van der Waals surface area contributed by atoms with Crippen LogP contribution in [0.5, 0.6) is 11.5 Å². The van der Waals surface area contributed by atoms with Crippen molar-refractivity contribution in [3.63, 3.8) is 0 Å². The lowest BCUT2D eigenvalue weighted by molar-refractivity contribution is 0.0827. The average Bonchev–Trinajstić information content (AvgIpc) is 2.64. The van der Waals surface area contributed by atoms with Gasteiger partial charge >= 0.3 is 6.73 Å². The number of amides is 1. The van der Waals surface area contributed by atoms with Crippen LogP contribution in [0.15, 0.2) is 42.5 Å². The third-order valence-electron chi connectivity index (χ3n) is 3.39. The van der Waals surface area contributed by atoms with E-state index in [0.29, 0.717) is 28.9 Å². The maximum atomic E-state index is 11.9. The first-order valence-corrected chi connectivity index (χ1v) is 7.53. The molecule has 2 aromatic rings. The van der Waals surface area contributed by atoms with Crippen molar-refractivity contribution in [2.45, 2.75) is 6.61 Å². The Morgan fingerprint density at radius 3 is 2.44 bits per heavy atom. The van der Waals surface area contributed by atoms with Gasteiger partial charge in [-0.15, -0.1) is 0 Å². The lowest BCUT2D eigenvalue weighted by Crippen LogP contribution is -2.21. The van der Waals surface area contributed by atoms with Gasteiger partial charge in [-0.25, -0.2) is 6.57 Å². The molecule has 0 bridgehead atoms. The Morgan fingerprint density at radius 2 is 1.84 bits per heavy atom. The van der Waals surface area contributed by atoms with E-state index in [1.165, 1.54) is 11.0 Å². The fourth-order valence-electron chi connectivity index (χ4n) is 2.09. The lowest BCUT2D eigenvalue weighted by Gasteiger charge is -2.12. The van der Waals surface area contributed by atoms with Gasteiger partial charge < -0.3 is 14.4 Å². The summed E-state index contributed by atoms with van der Waals surface area (Å²) in [7, 11) is 3.40. The van der Waals surface area contributed by atoms with Crippen molar-refractivity contribution < 1.29 is 19.1 Å². The van der Waals surface area contributed by atoms with Gasteiger partial charge in [0.25, 0.3) is 5.91 Å². The Kier molecular flexibility index (Phi) is 6.13. The Hall–Kier alpha value is -3.33. The highest BCUT2D eigenvalue weighted by molar-refractivity contribution is 5.93. The molecule has 2 aromatic carbocycles. The van der Waals surface area contributed by atoms with Crippen LogP contribution in [0.25, 0.3) is 4.85 Å². The van der Waals surface area contributed by atoms with Crippen molar-refractivity contribution in [1.82, 2.24) is 4.90 Å². The largest absolute Gasteiger partial charge is 0.485 e. The number of hydrogen-bond donors (Lipinski definition) is 0. The topological polar surface area (TPSA) is 60.2 Å². The van der Waals surface area contributed by atoms with Gasteiger partial charge in [-0.05, 0) is 35.9 Å². The molecule has 0 aromatic heterocycles. The van der Waals surface area contributed by atoms with Crippen LogP contribution >= 0.6 is 0 Å². The summed E-state index contributed by atoms with van der Waals surface area (Å²) in [5.41, 5.74) is 1.93. The average molecular weight is 338 g/mol. The van der Waals surface area contributed by atoms with Crippen molar-refractivity contribution in [3.05, 3.63) is 70.6 Å². The van der Waals surface area contributed by atoms with Crippen LogP contribution in [0.1, 0.15) is 26.3 Å². The molecule has 1 amide bonds. The van der Waals surface area contributed by atoms with E-state index in [2.05, 4.69) is 4.85 Å². The minimum absolute atomic E-state index is 0.0632. The summed E-state index contributed by atoms with van der Waals surface area (Å²) >= 11 is 0. The van der Waals surface area contributed by atoms with Crippen LogP contribution in [-0.4, -0.2) is 37.9 Å². The first-order chi connectivity index (χ1) is 12.0. The van der Waals surface area contributed by atoms with E-state index in [4.69, 9.17) is 16.0 Å². The number of carbonyl (C=O) groups is 2. The fraction of sp³-hybridized carbons (Fsp3) is 0.211. The summed E-state index contributed by atoms with van der Waals surface area (Å²) in [4.78, 5) is 27.4. The minimum atomic E-state index is -0.153. The number of ether oxygens (including phenoxy) is 2. The number of hydrogen-bond acceptors (Lipinski definition) is 4. The standard InChI is InChI=1S/C19H18N2O4/c1-20-13-25-18-10-15(11-22)6-9-17(18)24-12-14-4-7-16(8-5-14)19(23)21(2)3/h4-11H,12-13H2,2-3H3. The van der Waals surface area contributed by atoms with Gasteiger partial charge in [-0.2, -0.15) is 0 Å². The molecule has 0 heterocycles. The van der Waals surface area contributed by atoms with E-state index in [1.54, 1.807) is 38.4 Å². The zero-order chi connectivity index (χ0) is 18.2. The highest BCUT2D eigenvalue weighted by Gasteiger charge is 2.10. The molecule has 2 rings (SSSR count). The second kappa shape index (κ2) is 8.50. The maximum Gasteiger partial charge on any atom is 0.357 e. The Morgan fingerprint density at radius 1 is 1.12 bits per heavy atom. The number of benzene rings is 2. The zero-order valence-electron chi connectivity index (χ0n) is 14.1. The molecule has 25 heavy (non-hydrogen) atoms. The van der Waals surface area contributed by atoms with Crippen LogP contribution in [-0.2, 0) is 6.61 Å². The van der Waals surface area contributed by atoms with E-state index < -0.39 is 0 Å². The molecule has 0 aliphatic carbocycles. The van der Waals surface area contributed by atoms with Gasteiger partial charge in [-0.1, -0.05) is 12.1 Å². The zero-order valence-corrected chi connectivity index (χ0v) is 14.1. The van der Waals surface area contributed by atoms with E-state index in [1.807, 2.05) is 12.1 Å². The predicted octanol–water partition coefficient (Wildman–Crippen LogP) is 3.04. The van der Waals surface area contributed by atoms with Gasteiger partial charge in [0, 0.05) is 25.2 Å². The number of aldehydes is 1. The third-order valence-corrected chi connectivity index (χ3v) is 3.39. The van der Waals surface area contributed by atoms with Gasteiger partial charge in [0.05, 0.1) is 0 Å². The van der Waals surface area contributed by atoms with Crippen LogP contribution in [0.3, 0.4) is 0 Å². The molecule has 6 nitrogen and oxygen atoms in total. The first-order valence-electron chi connectivity index (χ1n) is 7.53. The molecule has 0 N–H and O–H groups in total. The molecule has 128 valence electrons. The molecule has 0 unspecified atom stereocenters. The van der Waals surface area contributed by atoms with Gasteiger partial charge in [0.15, 0.2) is 11.5 Å². The summed E-state index contributed by atoms with van der Waals surface area (Å²) in [5, 5.41) is 0. The molecular formula is C19H18N2O4. The van der Waals surface area contributed by atoms with E-state index in [-0.39, 0.29) is 19.2 Å². The van der Waals surface area contributed by atoms with Crippen LogP contribution < -0.4 is 9.47 Å². The van der Waals surface area contributed by atoms with Crippen molar-refractivity contribution in [2.24, 2.45) is 0 Å². The quantitative estimate of drug-likeness (QED) is 0.575. The molecule has 0 spiro atoms. The number of rotatable bonds is 7. The molecule has 0 aliphatic heterocycles. The van der Waals surface area contributed by atoms with E-state index in [9.17, 15) is 9.59 Å². The Balaban J connectivity index is 2.09. The highest BCUT2D eigenvalue weighted by Crippen LogP contribution is 2.29. The summed E-state index contributed by atoms with van der Waals surface area (Å²) in [6.07, 6.45) is 0.703. The number of nitrogens with zero attached hydrogens (tertiary/aromatic N) is 2. The van der Waals surface area contributed by atoms with Crippen LogP contribution in [0, 0.1) is 6.57 Å². The van der Waals surface area contributed by atoms with Gasteiger partial charge in [-0.3, -0.25) is 14.4 Å². The Bertz CT molecular complexity index is 792. The molecular weight excluding hydrogens is 320 g/mol. The SMILES string of the molecule is [C-]#[N+]COc1cc(C=O)ccc1OCc1ccc(C(=O)N(C)C)cc1. The van der Waals surface area contributed by atoms with Crippen molar-refractivity contribution in [1.29, 1.82) is 0 Å². The summed E-state index contributed by atoms with van der Waals surface area (Å²) < 4.78 is 11.0. The summed E-state index contributed by atoms with van der Waals surface area (Å²) in [6, 6.07) is 11.9. The van der Waals surface area contributed by atoms with Gasteiger partial charge in [0.2, 0.25) is 0 Å². The maximum absolute atomic E-state index is 11.9. The smallest absolute Gasteiger partial charge is 0.357 e. The molecule has 0 saturated heterocycles. The Labute approximate surface area is 146 Å². The number of carbonyl (C=O) groups excluding carboxylic acids is 2. The second-order valence-corrected chi connectivity index (χ2v) is 5.44. The van der Waals surface area contributed by atoms with E-state index >= 15 is 0 Å².